The third-order valence-electron chi connectivity index (χ3n) is 4.16. The first kappa shape index (κ1) is 16.6. The minimum Gasteiger partial charge on any atom is -0.318 e. The molecule has 0 bridgehead atoms. The zero-order valence-corrected chi connectivity index (χ0v) is 14.0. The zero-order valence-electron chi connectivity index (χ0n) is 14.0. The Kier molecular flexibility index (Phi) is 4.00. The summed E-state index contributed by atoms with van der Waals surface area (Å²) in [6, 6.07) is 7.11. The van der Waals surface area contributed by atoms with Crippen LogP contribution in [0.4, 0.5) is 9.18 Å². The Bertz CT molecular complexity index is 926. The van der Waals surface area contributed by atoms with Gasteiger partial charge in [0.25, 0.3) is 11.8 Å². The van der Waals surface area contributed by atoms with Gasteiger partial charge in [-0.3, -0.25) is 19.8 Å². The fraction of sp³-hybridized carbons (Fsp3) is 0.167. The second kappa shape index (κ2) is 6.01. The molecule has 1 aromatic carbocycles. The Labute approximate surface area is 143 Å². The molecule has 1 aliphatic heterocycles. The van der Waals surface area contributed by atoms with Gasteiger partial charge in [-0.15, -0.1) is 0 Å². The van der Waals surface area contributed by atoms with Gasteiger partial charge in [0.05, 0.1) is 0 Å². The van der Waals surface area contributed by atoms with Crippen LogP contribution in [0.2, 0.25) is 0 Å². The molecule has 1 aromatic heterocycles. The number of carbonyl (C=O) groups is 3. The molecule has 1 fully saturated rings. The second-order valence-corrected chi connectivity index (χ2v) is 5.82. The van der Waals surface area contributed by atoms with Crippen LogP contribution in [0.15, 0.2) is 35.9 Å². The van der Waals surface area contributed by atoms with Crippen molar-refractivity contribution in [3.8, 4) is 5.69 Å². The highest BCUT2D eigenvalue weighted by Gasteiger charge is 2.33. The van der Waals surface area contributed by atoms with Crippen molar-refractivity contribution in [2.24, 2.45) is 0 Å². The molecule has 1 N–H and O–H groups in total. The van der Waals surface area contributed by atoms with Gasteiger partial charge in [0, 0.05) is 24.1 Å². The van der Waals surface area contributed by atoms with Crippen molar-refractivity contribution >= 4 is 23.9 Å². The summed E-state index contributed by atoms with van der Waals surface area (Å²) in [7, 11) is 1.31. The largest absolute Gasteiger partial charge is 0.331 e. The Morgan fingerprint density at radius 3 is 2.36 bits per heavy atom. The van der Waals surface area contributed by atoms with Gasteiger partial charge in [-0.25, -0.2) is 9.18 Å². The molecule has 128 valence electrons. The smallest absolute Gasteiger partial charge is 0.318 e. The number of benzene rings is 1. The lowest BCUT2D eigenvalue weighted by atomic mass is 10.1. The van der Waals surface area contributed by atoms with Crippen molar-refractivity contribution in [2.45, 2.75) is 13.8 Å². The molecule has 2 aromatic rings. The SMILES string of the molecule is Cc1cc(/C=C2/C(=O)NC(=O)N(C)C2=O)c(C)n1-c1ccc(F)cc1. The summed E-state index contributed by atoms with van der Waals surface area (Å²) in [5.74, 6) is -1.70. The van der Waals surface area contributed by atoms with Gasteiger partial charge in [-0.1, -0.05) is 0 Å². The molecule has 0 unspecified atom stereocenters. The van der Waals surface area contributed by atoms with Gasteiger partial charge in [-0.2, -0.15) is 0 Å². The number of nitrogens with one attached hydrogen (secondary N) is 1. The first-order chi connectivity index (χ1) is 11.8. The van der Waals surface area contributed by atoms with Gasteiger partial charge in [0.15, 0.2) is 0 Å². The summed E-state index contributed by atoms with van der Waals surface area (Å²) >= 11 is 0. The van der Waals surface area contributed by atoms with E-state index in [1.165, 1.54) is 25.3 Å². The predicted molar refractivity (Wildman–Crippen MR) is 89.5 cm³/mol. The van der Waals surface area contributed by atoms with Crippen LogP contribution in [0.5, 0.6) is 0 Å². The number of imide groups is 2. The minimum absolute atomic E-state index is 0.110. The van der Waals surface area contributed by atoms with Crippen molar-refractivity contribution in [3.05, 3.63) is 58.7 Å². The van der Waals surface area contributed by atoms with Crippen LogP contribution in [-0.4, -0.2) is 34.4 Å². The van der Waals surface area contributed by atoms with Crippen LogP contribution in [0.3, 0.4) is 0 Å². The topological polar surface area (TPSA) is 71.4 Å². The zero-order chi connectivity index (χ0) is 18.3. The van der Waals surface area contributed by atoms with Crippen molar-refractivity contribution in [2.75, 3.05) is 7.05 Å². The average molecular weight is 341 g/mol. The molecule has 7 heteroatoms. The van der Waals surface area contributed by atoms with Gasteiger partial charge in [0.2, 0.25) is 0 Å². The van der Waals surface area contributed by atoms with Crippen molar-refractivity contribution in [3.63, 3.8) is 0 Å². The maximum absolute atomic E-state index is 13.1. The summed E-state index contributed by atoms with van der Waals surface area (Å²) in [6.45, 7) is 3.71. The Hall–Kier alpha value is -3.22. The number of carbonyl (C=O) groups excluding carboxylic acids is 3. The molecule has 2 heterocycles. The van der Waals surface area contributed by atoms with Crippen LogP contribution in [0.1, 0.15) is 17.0 Å². The van der Waals surface area contributed by atoms with Gasteiger partial charge < -0.3 is 4.57 Å². The first-order valence-corrected chi connectivity index (χ1v) is 7.59. The maximum Gasteiger partial charge on any atom is 0.331 e. The number of amides is 4. The van der Waals surface area contributed by atoms with E-state index in [9.17, 15) is 18.8 Å². The number of halogens is 1. The first-order valence-electron chi connectivity index (χ1n) is 7.59. The molecule has 0 saturated carbocycles. The number of rotatable bonds is 2. The lowest BCUT2D eigenvalue weighted by Gasteiger charge is -2.22. The minimum atomic E-state index is -0.746. The number of urea groups is 1. The quantitative estimate of drug-likeness (QED) is 0.673. The standard InChI is InChI=1S/C18H16FN3O3/c1-10-8-12(9-15-16(23)20-18(25)21(3)17(15)24)11(2)22(10)14-6-4-13(19)5-7-14/h4-9H,1-3H3,(H,20,23,25)/b15-9-. The number of nitrogens with zero attached hydrogens (tertiary/aromatic N) is 2. The van der Waals surface area contributed by atoms with E-state index in [1.807, 2.05) is 24.5 Å². The molecule has 4 amide bonds. The molecular weight excluding hydrogens is 325 g/mol. The van der Waals surface area contributed by atoms with E-state index < -0.39 is 17.8 Å². The van der Waals surface area contributed by atoms with Gasteiger partial charge >= 0.3 is 6.03 Å². The normalized spacial score (nSPS) is 16.6. The number of hydrogen-bond acceptors (Lipinski definition) is 3. The number of aryl methyl sites for hydroxylation is 1. The maximum atomic E-state index is 13.1. The van der Waals surface area contributed by atoms with Crippen LogP contribution >= 0.6 is 0 Å². The Morgan fingerprint density at radius 2 is 1.72 bits per heavy atom. The highest BCUT2D eigenvalue weighted by atomic mass is 19.1. The molecule has 0 spiro atoms. The molecule has 0 aliphatic carbocycles. The van der Waals surface area contributed by atoms with Crippen molar-refractivity contribution in [1.29, 1.82) is 0 Å². The fourth-order valence-corrected chi connectivity index (χ4v) is 2.82. The van der Waals surface area contributed by atoms with Crippen LogP contribution in [-0.2, 0) is 9.59 Å². The van der Waals surface area contributed by atoms with Crippen molar-refractivity contribution in [1.82, 2.24) is 14.8 Å². The summed E-state index contributed by atoms with van der Waals surface area (Å²) in [4.78, 5) is 36.5. The lowest BCUT2D eigenvalue weighted by Crippen LogP contribution is -2.52. The van der Waals surface area contributed by atoms with E-state index in [2.05, 4.69) is 5.32 Å². The number of hydrogen-bond donors (Lipinski definition) is 1. The Balaban J connectivity index is 2.06. The molecule has 25 heavy (non-hydrogen) atoms. The van der Waals surface area contributed by atoms with Gasteiger partial charge in [0.1, 0.15) is 11.4 Å². The average Bonchev–Trinajstić information content (AvgIpc) is 2.84. The molecule has 1 saturated heterocycles. The summed E-state index contributed by atoms with van der Waals surface area (Å²) in [5.41, 5.74) is 2.98. The fourth-order valence-electron chi connectivity index (χ4n) is 2.82. The van der Waals surface area contributed by atoms with Gasteiger partial charge in [-0.05, 0) is 55.8 Å². The van der Waals surface area contributed by atoms with E-state index in [1.54, 1.807) is 12.1 Å². The van der Waals surface area contributed by atoms with Crippen LogP contribution in [0.25, 0.3) is 11.8 Å². The van der Waals surface area contributed by atoms with E-state index in [0.29, 0.717) is 5.56 Å². The third kappa shape index (κ3) is 2.84. The molecule has 6 nitrogen and oxygen atoms in total. The predicted octanol–water partition coefficient (Wildman–Crippen LogP) is 2.32. The number of aromatic nitrogens is 1. The summed E-state index contributed by atoms with van der Waals surface area (Å²) in [5, 5.41) is 2.12. The number of barbiturate groups is 1. The molecule has 3 rings (SSSR count). The highest BCUT2D eigenvalue weighted by Crippen LogP contribution is 2.24. The second-order valence-electron chi connectivity index (χ2n) is 5.82. The number of likely N-dealkylation sites (N-methyl/N-ethyl adjacent to an activating group) is 1. The lowest BCUT2D eigenvalue weighted by molar-refractivity contribution is -0.129. The van der Waals surface area contributed by atoms with E-state index >= 15 is 0 Å². The summed E-state index contributed by atoms with van der Waals surface area (Å²) < 4.78 is 15.0. The van der Waals surface area contributed by atoms with E-state index in [-0.39, 0.29) is 11.4 Å². The summed E-state index contributed by atoms with van der Waals surface area (Å²) in [6.07, 6.45) is 1.46. The molecule has 1 aliphatic rings. The van der Waals surface area contributed by atoms with Crippen LogP contribution in [0, 0.1) is 19.7 Å². The van der Waals surface area contributed by atoms with E-state index in [0.717, 1.165) is 22.0 Å². The van der Waals surface area contributed by atoms with Crippen molar-refractivity contribution < 1.29 is 18.8 Å². The molecular formula is C18H16FN3O3. The highest BCUT2D eigenvalue weighted by molar-refractivity contribution is 6.30. The third-order valence-corrected chi connectivity index (χ3v) is 4.16. The molecule has 0 radical (unpaired) electrons. The molecule has 0 atom stereocenters. The monoisotopic (exact) mass is 341 g/mol. The van der Waals surface area contributed by atoms with E-state index in [4.69, 9.17) is 0 Å². The Morgan fingerprint density at radius 1 is 1.08 bits per heavy atom. The van der Waals surface area contributed by atoms with Crippen LogP contribution < -0.4 is 5.32 Å².